The summed E-state index contributed by atoms with van der Waals surface area (Å²) in [6.07, 6.45) is 2.63. The number of benzene rings is 2. The molecule has 1 amide bonds. The van der Waals surface area contributed by atoms with Crippen molar-refractivity contribution in [2.75, 3.05) is 10.6 Å². The van der Waals surface area contributed by atoms with E-state index in [9.17, 15) is 18.0 Å². The molecule has 34 heavy (non-hydrogen) atoms. The molecular weight excluding hydrogens is 469 g/mol. The number of hydrogen-bond donors (Lipinski definition) is 2. The lowest BCUT2D eigenvalue weighted by Gasteiger charge is -2.16. The van der Waals surface area contributed by atoms with Crippen LogP contribution in [0.5, 0.6) is 0 Å². The van der Waals surface area contributed by atoms with E-state index in [1.165, 1.54) is 41.7 Å². The Morgan fingerprint density at radius 3 is 2.65 bits per heavy atom. The Bertz CT molecular complexity index is 1310. The molecule has 0 aliphatic rings. The molecule has 2 aromatic heterocycles. The van der Waals surface area contributed by atoms with Crippen molar-refractivity contribution in [1.29, 1.82) is 0 Å². The van der Waals surface area contributed by atoms with Crippen molar-refractivity contribution in [2.24, 2.45) is 0 Å². The number of nitrogens with zero attached hydrogens (tertiary/aromatic N) is 4. The van der Waals surface area contributed by atoms with E-state index >= 15 is 0 Å². The number of alkyl halides is 3. The van der Waals surface area contributed by atoms with Gasteiger partial charge in [-0.25, -0.2) is 9.97 Å². The zero-order valence-electron chi connectivity index (χ0n) is 17.7. The second-order valence-corrected chi connectivity index (χ2v) is 7.80. The van der Waals surface area contributed by atoms with E-state index in [1.807, 2.05) is 13.0 Å². The molecule has 0 aliphatic carbocycles. The maximum atomic E-state index is 13.4. The third-order valence-corrected chi connectivity index (χ3v) is 5.11. The van der Waals surface area contributed by atoms with Crippen LogP contribution in [0.3, 0.4) is 0 Å². The average molecular weight is 487 g/mol. The summed E-state index contributed by atoms with van der Waals surface area (Å²) in [6, 6.07) is 9.88. The van der Waals surface area contributed by atoms with Crippen LogP contribution in [-0.2, 0) is 6.18 Å². The Kier molecular flexibility index (Phi) is 6.51. The number of imidazole rings is 1. The molecule has 7 nitrogen and oxygen atoms in total. The normalized spacial score (nSPS) is 12.3. The van der Waals surface area contributed by atoms with E-state index in [4.69, 9.17) is 11.6 Å². The van der Waals surface area contributed by atoms with Crippen LogP contribution in [0.2, 0.25) is 5.15 Å². The number of halogens is 4. The van der Waals surface area contributed by atoms with Crippen LogP contribution in [-0.4, -0.2) is 25.4 Å². The lowest BCUT2D eigenvalue weighted by atomic mass is 10.1. The van der Waals surface area contributed by atoms with Crippen molar-refractivity contribution in [3.8, 4) is 5.69 Å². The number of hydrogen-bond acceptors (Lipinski definition) is 5. The maximum absolute atomic E-state index is 13.4. The van der Waals surface area contributed by atoms with Gasteiger partial charge >= 0.3 is 6.18 Å². The van der Waals surface area contributed by atoms with Gasteiger partial charge in [-0.1, -0.05) is 23.7 Å². The largest absolute Gasteiger partial charge is 0.416 e. The Morgan fingerprint density at radius 1 is 1.12 bits per heavy atom. The fourth-order valence-corrected chi connectivity index (χ4v) is 3.42. The van der Waals surface area contributed by atoms with Gasteiger partial charge in [0.1, 0.15) is 11.0 Å². The summed E-state index contributed by atoms with van der Waals surface area (Å²) in [5.74, 6) is -0.198. The van der Waals surface area contributed by atoms with Crippen molar-refractivity contribution in [3.63, 3.8) is 0 Å². The van der Waals surface area contributed by atoms with Crippen LogP contribution in [0, 0.1) is 0 Å². The van der Waals surface area contributed by atoms with Crippen LogP contribution < -0.4 is 10.6 Å². The molecule has 4 rings (SSSR count). The monoisotopic (exact) mass is 486 g/mol. The van der Waals surface area contributed by atoms with Crippen molar-refractivity contribution < 1.29 is 18.0 Å². The van der Waals surface area contributed by atoms with Gasteiger partial charge in [0.15, 0.2) is 0 Å². The minimum absolute atomic E-state index is 0.135. The molecule has 11 heteroatoms. The summed E-state index contributed by atoms with van der Waals surface area (Å²) >= 11 is 5.86. The summed E-state index contributed by atoms with van der Waals surface area (Å²) in [6.45, 7) is 1.88. The first-order chi connectivity index (χ1) is 16.2. The van der Waals surface area contributed by atoms with Crippen LogP contribution in [0.1, 0.15) is 34.5 Å². The Labute approximate surface area is 197 Å². The van der Waals surface area contributed by atoms with Gasteiger partial charge in [0.2, 0.25) is 0 Å². The molecule has 2 heterocycles. The van der Waals surface area contributed by atoms with Gasteiger partial charge in [0.25, 0.3) is 5.91 Å². The van der Waals surface area contributed by atoms with Crippen LogP contribution in [0.15, 0.2) is 73.6 Å². The molecule has 174 valence electrons. The summed E-state index contributed by atoms with van der Waals surface area (Å²) in [5, 5.41) is 6.07. The number of carbonyl (C=O) groups excluding carboxylic acids is 1. The van der Waals surface area contributed by atoms with Gasteiger partial charge in [-0.05, 0) is 42.8 Å². The first-order valence-corrected chi connectivity index (χ1v) is 10.4. The number of carbonyl (C=O) groups is 1. The van der Waals surface area contributed by atoms with E-state index in [0.717, 1.165) is 17.7 Å². The van der Waals surface area contributed by atoms with E-state index in [-0.39, 0.29) is 22.4 Å². The first kappa shape index (κ1) is 23.2. The molecule has 0 fully saturated rings. The molecule has 0 spiro atoms. The second-order valence-electron chi connectivity index (χ2n) is 7.41. The van der Waals surface area contributed by atoms with Gasteiger partial charge in [-0.15, -0.1) is 0 Å². The standard InChI is InChI=1S/C23H18ClF3N6O/c1-14(30-21-12-29-11-20(24)32-21)15-3-2-4-18(8-15)31-22(34)16-7-17(23(25,26)27)10-19(9-16)33-6-5-28-13-33/h2-14H,1H3,(H,30,32)(H,31,34)/t14-/m0/s1. The van der Waals surface area contributed by atoms with Crippen molar-refractivity contribution >= 4 is 29.0 Å². The average Bonchev–Trinajstić information content (AvgIpc) is 3.33. The Morgan fingerprint density at radius 2 is 1.94 bits per heavy atom. The highest BCUT2D eigenvalue weighted by atomic mass is 35.5. The molecule has 0 bridgehead atoms. The first-order valence-electron chi connectivity index (χ1n) is 10.0. The lowest BCUT2D eigenvalue weighted by Crippen LogP contribution is -2.15. The van der Waals surface area contributed by atoms with Gasteiger partial charge in [0, 0.05) is 29.3 Å². The van der Waals surface area contributed by atoms with E-state index in [2.05, 4.69) is 25.6 Å². The molecular formula is C23H18ClF3N6O. The number of amides is 1. The molecule has 1 atom stereocenters. The molecule has 2 N–H and O–H groups in total. The van der Waals surface area contributed by atoms with Gasteiger partial charge in [0.05, 0.1) is 30.3 Å². The lowest BCUT2D eigenvalue weighted by molar-refractivity contribution is -0.137. The number of nitrogens with one attached hydrogen (secondary N) is 2. The predicted molar refractivity (Wildman–Crippen MR) is 122 cm³/mol. The van der Waals surface area contributed by atoms with E-state index < -0.39 is 17.6 Å². The number of anilines is 2. The van der Waals surface area contributed by atoms with Crippen molar-refractivity contribution in [3.05, 3.63) is 95.4 Å². The Balaban J connectivity index is 1.56. The third-order valence-electron chi connectivity index (χ3n) is 4.92. The summed E-state index contributed by atoms with van der Waals surface area (Å²) < 4.78 is 41.7. The third kappa shape index (κ3) is 5.52. The molecule has 0 radical (unpaired) electrons. The fraction of sp³-hybridized carbons (Fsp3) is 0.130. The molecule has 0 saturated heterocycles. The molecule has 2 aromatic carbocycles. The second kappa shape index (κ2) is 9.52. The summed E-state index contributed by atoms with van der Waals surface area (Å²) in [4.78, 5) is 24.8. The maximum Gasteiger partial charge on any atom is 0.416 e. The summed E-state index contributed by atoms with van der Waals surface area (Å²) in [5.41, 5.74) is 0.340. The van der Waals surface area contributed by atoms with Gasteiger partial charge in [-0.3, -0.25) is 9.78 Å². The van der Waals surface area contributed by atoms with E-state index in [0.29, 0.717) is 11.5 Å². The van der Waals surface area contributed by atoms with Crippen molar-refractivity contribution in [1.82, 2.24) is 19.5 Å². The quantitative estimate of drug-likeness (QED) is 0.362. The smallest absolute Gasteiger partial charge is 0.362 e. The van der Waals surface area contributed by atoms with Crippen molar-refractivity contribution in [2.45, 2.75) is 19.1 Å². The summed E-state index contributed by atoms with van der Waals surface area (Å²) in [7, 11) is 0. The van der Waals surface area contributed by atoms with Gasteiger partial charge < -0.3 is 15.2 Å². The number of rotatable bonds is 6. The molecule has 0 saturated carbocycles. The highest BCUT2D eigenvalue weighted by Gasteiger charge is 2.32. The molecule has 4 aromatic rings. The minimum Gasteiger partial charge on any atom is -0.362 e. The van der Waals surface area contributed by atoms with E-state index in [1.54, 1.807) is 18.2 Å². The predicted octanol–water partition coefficient (Wildman–Crippen LogP) is 5.76. The molecule has 0 unspecified atom stereocenters. The van der Waals surface area contributed by atoms with Gasteiger partial charge in [-0.2, -0.15) is 13.2 Å². The zero-order chi connectivity index (χ0) is 24.3. The fourth-order valence-electron chi connectivity index (χ4n) is 3.27. The SMILES string of the molecule is C[C@H](Nc1cncc(Cl)n1)c1cccc(NC(=O)c2cc(-n3ccnc3)cc(C(F)(F)F)c2)c1. The topological polar surface area (TPSA) is 84.7 Å². The van der Waals surface area contributed by atoms with Crippen LogP contribution >= 0.6 is 11.6 Å². The van der Waals surface area contributed by atoms with Crippen LogP contribution in [0.4, 0.5) is 24.7 Å². The minimum atomic E-state index is -4.62. The zero-order valence-corrected chi connectivity index (χ0v) is 18.5. The van der Waals surface area contributed by atoms with Crippen LogP contribution in [0.25, 0.3) is 5.69 Å². The number of aromatic nitrogens is 4. The highest BCUT2D eigenvalue weighted by Crippen LogP contribution is 2.32. The highest BCUT2D eigenvalue weighted by molar-refractivity contribution is 6.29. The molecule has 0 aliphatic heterocycles. The Hall–Kier alpha value is -3.92.